The van der Waals surface area contributed by atoms with Gasteiger partial charge < -0.3 is 5.32 Å². The van der Waals surface area contributed by atoms with Crippen molar-refractivity contribution in [2.24, 2.45) is 0 Å². The molecule has 1 saturated carbocycles. The minimum atomic E-state index is -0.319. The number of rotatable bonds is 5. The molecule has 35 heavy (non-hydrogen) atoms. The number of anilines is 1. The standard InChI is InChI=1S/C26H20N8O/c1-15(32-24-20-9-16(10-27)5-8-21(20)30-14-31-24)25-33-22-4-2-3-19(17-11-28-13-29-12-17)23(22)26(35)34(25)18-6-7-18/h2-5,8-9,11-15,18H,6-7H2,1H3,(H,30,31,32). The lowest BCUT2D eigenvalue weighted by Gasteiger charge is -2.21. The van der Waals surface area contributed by atoms with Gasteiger partial charge in [0.25, 0.3) is 5.56 Å². The second kappa shape index (κ2) is 8.25. The molecule has 3 heterocycles. The van der Waals surface area contributed by atoms with Crippen molar-refractivity contribution in [1.29, 1.82) is 5.26 Å². The summed E-state index contributed by atoms with van der Waals surface area (Å²) in [7, 11) is 0. The van der Waals surface area contributed by atoms with Crippen LogP contribution < -0.4 is 10.9 Å². The first kappa shape index (κ1) is 20.9. The van der Waals surface area contributed by atoms with Gasteiger partial charge in [0, 0.05) is 29.4 Å². The summed E-state index contributed by atoms with van der Waals surface area (Å²) in [5, 5.41) is 14.0. The lowest BCUT2D eigenvalue weighted by Crippen LogP contribution is -2.28. The molecule has 1 unspecified atom stereocenters. The molecule has 9 heteroatoms. The van der Waals surface area contributed by atoms with Gasteiger partial charge in [0.2, 0.25) is 0 Å². The largest absolute Gasteiger partial charge is 0.360 e. The van der Waals surface area contributed by atoms with Gasteiger partial charge in [-0.3, -0.25) is 9.36 Å². The summed E-state index contributed by atoms with van der Waals surface area (Å²) in [5.41, 5.74) is 3.36. The maximum Gasteiger partial charge on any atom is 0.262 e. The molecule has 1 aliphatic carbocycles. The molecular formula is C26H20N8O. The Balaban J connectivity index is 1.49. The van der Waals surface area contributed by atoms with Gasteiger partial charge in [-0.25, -0.2) is 24.9 Å². The number of hydrogen-bond acceptors (Lipinski definition) is 8. The average Bonchev–Trinajstić information content (AvgIpc) is 3.74. The Bertz CT molecular complexity index is 1690. The predicted molar refractivity (Wildman–Crippen MR) is 132 cm³/mol. The number of hydrogen-bond donors (Lipinski definition) is 1. The summed E-state index contributed by atoms with van der Waals surface area (Å²) in [6, 6.07) is 12.9. The lowest BCUT2D eigenvalue weighted by molar-refractivity contribution is 0.610. The Labute approximate surface area is 200 Å². The van der Waals surface area contributed by atoms with Crippen molar-refractivity contribution in [2.45, 2.75) is 31.8 Å². The monoisotopic (exact) mass is 460 g/mol. The van der Waals surface area contributed by atoms with Gasteiger partial charge in [-0.1, -0.05) is 12.1 Å². The highest BCUT2D eigenvalue weighted by Crippen LogP contribution is 2.37. The molecule has 170 valence electrons. The number of fused-ring (bicyclic) bond motifs is 2. The number of nitrogens with one attached hydrogen (secondary N) is 1. The van der Waals surface area contributed by atoms with Crippen LogP contribution in [-0.4, -0.2) is 29.5 Å². The molecule has 0 amide bonds. The number of nitriles is 1. The zero-order chi connectivity index (χ0) is 23.9. The van der Waals surface area contributed by atoms with E-state index < -0.39 is 0 Å². The van der Waals surface area contributed by atoms with E-state index in [0.717, 1.165) is 34.9 Å². The fourth-order valence-electron chi connectivity index (χ4n) is 4.44. The van der Waals surface area contributed by atoms with E-state index in [1.165, 1.54) is 12.7 Å². The minimum absolute atomic E-state index is 0.0695. The van der Waals surface area contributed by atoms with Crippen LogP contribution in [0, 0.1) is 11.3 Å². The van der Waals surface area contributed by atoms with Crippen molar-refractivity contribution in [2.75, 3.05) is 5.32 Å². The Kier molecular flexibility index (Phi) is 4.92. The first-order chi connectivity index (χ1) is 17.1. The van der Waals surface area contributed by atoms with Gasteiger partial charge in [-0.05, 0) is 49.6 Å². The van der Waals surface area contributed by atoms with Gasteiger partial charge in [0.1, 0.15) is 24.3 Å². The van der Waals surface area contributed by atoms with Gasteiger partial charge in [0.15, 0.2) is 0 Å². The van der Waals surface area contributed by atoms with E-state index in [1.54, 1.807) is 30.6 Å². The highest BCUT2D eigenvalue weighted by molar-refractivity contribution is 5.94. The van der Waals surface area contributed by atoms with Crippen molar-refractivity contribution >= 4 is 27.6 Å². The van der Waals surface area contributed by atoms with E-state index in [0.29, 0.717) is 28.1 Å². The lowest BCUT2D eigenvalue weighted by atomic mass is 10.0. The van der Waals surface area contributed by atoms with Crippen LogP contribution >= 0.6 is 0 Å². The maximum atomic E-state index is 13.9. The van der Waals surface area contributed by atoms with Gasteiger partial charge in [0.05, 0.1) is 34.1 Å². The van der Waals surface area contributed by atoms with Crippen LogP contribution in [0.3, 0.4) is 0 Å². The molecule has 9 nitrogen and oxygen atoms in total. The minimum Gasteiger partial charge on any atom is -0.360 e. The smallest absolute Gasteiger partial charge is 0.262 e. The van der Waals surface area contributed by atoms with Crippen molar-refractivity contribution in [3.63, 3.8) is 0 Å². The van der Waals surface area contributed by atoms with Crippen LogP contribution in [0.2, 0.25) is 0 Å². The van der Waals surface area contributed by atoms with E-state index in [9.17, 15) is 10.1 Å². The van der Waals surface area contributed by atoms with E-state index in [4.69, 9.17) is 4.98 Å². The topological polar surface area (TPSA) is 122 Å². The van der Waals surface area contributed by atoms with Crippen molar-refractivity contribution in [1.82, 2.24) is 29.5 Å². The molecule has 0 bridgehead atoms. The van der Waals surface area contributed by atoms with E-state index >= 15 is 0 Å². The van der Waals surface area contributed by atoms with Crippen LogP contribution in [-0.2, 0) is 0 Å². The third-order valence-corrected chi connectivity index (χ3v) is 6.25. The summed E-state index contributed by atoms with van der Waals surface area (Å²) in [4.78, 5) is 35.8. The molecular weight excluding hydrogens is 440 g/mol. The molecule has 6 rings (SSSR count). The SMILES string of the molecule is CC(Nc1ncnc2ccc(C#N)cc12)c1nc2cccc(-c3cncnc3)c2c(=O)n1C1CC1. The second-order valence-electron chi connectivity index (χ2n) is 8.64. The third kappa shape index (κ3) is 3.65. The molecule has 1 atom stereocenters. The molecule has 3 aromatic heterocycles. The summed E-state index contributed by atoms with van der Waals surface area (Å²) in [5.74, 6) is 1.24. The van der Waals surface area contributed by atoms with Gasteiger partial charge in [-0.15, -0.1) is 0 Å². The van der Waals surface area contributed by atoms with E-state index in [-0.39, 0.29) is 17.6 Å². The van der Waals surface area contributed by atoms with Crippen LogP contribution in [0.1, 0.15) is 43.2 Å². The Hall–Kier alpha value is -4.71. The quantitative estimate of drug-likeness (QED) is 0.414. The summed E-state index contributed by atoms with van der Waals surface area (Å²) in [6.07, 6.45) is 8.24. The molecule has 5 aromatic rings. The van der Waals surface area contributed by atoms with Crippen LogP contribution in [0.4, 0.5) is 5.82 Å². The molecule has 0 spiro atoms. The normalized spacial score (nSPS) is 14.1. The van der Waals surface area contributed by atoms with Crippen LogP contribution in [0.15, 0.2) is 66.2 Å². The predicted octanol–water partition coefficient (Wildman–Crippen LogP) is 4.18. The van der Waals surface area contributed by atoms with Crippen molar-refractivity contribution in [3.8, 4) is 17.2 Å². The van der Waals surface area contributed by atoms with Crippen LogP contribution in [0.5, 0.6) is 0 Å². The fraction of sp³-hybridized carbons (Fsp3) is 0.192. The molecule has 2 aromatic carbocycles. The zero-order valence-electron chi connectivity index (χ0n) is 18.9. The highest BCUT2D eigenvalue weighted by atomic mass is 16.1. The van der Waals surface area contributed by atoms with Crippen molar-refractivity contribution in [3.05, 3.63) is 83.2 Å². The fourth-order valence-corrected chi connectivity index (χ4v) is 4.44. The zero-order valence-corrected chi connectivity index (χ0v) is 18.9. The van der Waals surface area contributed by atoms with Gasteiger partial charge in [-0.2, -0.15) is 5.26 Å². The number of benzene rings is 2. The first-order valence-electron chi connectivity index (χ1n) is 11.4. The number of aromatic nitrogens is 6. The molecule has 1 N–H and O–H groups in total. The highest BCUT2D eigenvalue weighted by Gasteiger charge is 2.31. The Morgan fingerprint density at radius 3 is 2.69 bits per heavy atom. The third-order valence-electron chi connectivity index (χ3n) is 6.25. The molecule has 0 saturated heterocycles. The summed E-state index contributed by atoms with van der Waals surface area (Å²) >= 11 is 0. The maximum absolute atomic E-state index is 13.9. The first-order valence-corrected chi connectivity index (χ1v) is 11.4. The summed E-state index contributed by atoms with van der Waals surface area (Å²) < 4.78 is 1.82. The molecule has 0 aliphatic heterocycles. The molecule has 1 fully saturated rings. The molecule has 1 aliphatic rings. The van der Waals surface area contributed by atoms with Gasteiger partial charge >= 0.3 is 0 Å². The van der Waals surface area contributed by atoms with E-state index in [2.05, 4.69) is 31.3 Å². The van der Waals surface area contributed by atoms with E-state index in [1.807, 2.05) is 29.7 Å². The Morgan fingerprint density at radius 1 is 1.09 bits per heavy atom. The molecule has 0 radical (unpaired) electrons. The van der Waals surface area contributed by atoms with Crippen LogP contribution in [0.25, 0.3) is 32.9 Å². The summed E-state index contributed by atoms with van der Waals surface area (Å²) in [6.45, 7) is 1.96. The van der Waals surface area contributed by atoms with Crippen molar-refractivity contribution < 1.29 is 0 Å². The second-order valence-corrected chi connectivity index (χ2v) is 8.64. The average molecular weight is 461 g/mol. The Morgan fingerprint density at radius 2 is 1.91 bits per heavy atom. The number of nitrogens with zero attached hydrogens (tertiary/aromatic N) is 7.